The molecular formula is C20H33IN6O. The number of methoxy groups -OCH3 is 1. The molecule has 28 heavy (non-hydrogen) atoms. The van der Waals surface area contributed by atoms with E-state index >= 15 is 0 Å². The van der Waals surface area contributed by atoms with Gasteiger partial charge in [0, 0.05) is 26.1 Å². The van der Waals surface area contributed by atoms with Crippen LogP contribution in [0.3, 0.4) is 0 Å². The summed E-state index contributed by atoms with van der Waals surface area (Å²) in [6, 6.07) is 8.01. The van der Waals surface area contributed by atoms with Crippen LogP contribution in [0.2, 0.25) is 0 Å². The van der Waals surface area contributed by atoms with Crippen LogP contribution in [0.15, 0.2) is 35.6 Å². The first kappa shape index (κ1) is 24.2. The number of unbranched alkanes of at least 4 members (excludes halogenated alkanes) is 2. The summed E-state index contributed by atoms with van der Waals surface area (Å²) in [4.78, 5) is 4.72. The van der Waals surface area contributed by atoms with E-state index in [1.165, 1.54) is 12.8 Å². The van der Waals surface area contributed by atoms with Gasteiger partial charge in [-0.3, -0.25) is 0 Å². The summed E-state index contributed by atoms with van der Waals surface area (Å²) in [6.07, 6.45) is 6.24. The third-order valence-corrected chi connectivity index (χ3v) is 4.31. The third kappa shape index (κ3) is 8.45. The van der Waals surface area contributed by atoms with E-state index in [4.69, 9.17) is 9.73 Å². The van der Waals surface area contributed by atoms with Crippen LogP contribution < -0.4 is 15.4 Å². The van der Waals surface area contributed by atoms with Crippen LogP contribution in [0.25, 0.3) is 0 Å². The maximum Gasteiger partial charge on any atom is 0.191 e. The minimum absolute atomic E-state index is 0. The number of nitrogens with one attached hydrogen (secondary N) is 2. The van der Waals surface area contributed by atoms with Crippen molar-refractivity contribution in [1.82, 2.24) is 25.4 Å². The Morgan fingerprint density at radius 2 is 1.86 bits per heavy atom. The molecule has 0 bridgehead atoms. The molecule has 0 aliphatic carbocycles. The topological polar surface area (TPSA) is 76.4 Å². The zero-order valence-electron chi connectivity index (χ0n) is 17.1. The molecule has 1 heterocycles. The lowest BCUT2D eigenvalue weighted by Gasteiger charge is -2.13. The number of nitrogens with zero attached hydrogens (tertiary/aromatic N) is 4. The molecule has 0 spiro atoms. The maximum atomic E-state index is 5.21. The molecule has 1 aromatic heterocycles. The summed E-state index contributed by atoms with van der Waals surface area (Å²) in [6.45, 7) is 7.43. The SMILES string of the molecule is CCCCCNC(=NCc1ccc(OC)cc1)NCCn1cnnc1CC.I. The fourth-order valence-electron chi connectivity index (χ4n) is 2.69. The minimum atomic E-state index is 0. The van der Waals surface area contributed by atoms with Crippen molar-refractivity contribution in [3.05, 3.63) is 42.0 Å². The van der Waals surface area contributed by atoms with E-state index in [1.54, 1.807) is 13.4 Å². The number of guanidine groups is 1. The summed E-state index contributed by atoms with van der Waals surface area (Å²) in [5.74, 6) is 2.71. The van der Waals surface area contributed by atoms with Gasteiger partial charge in [-0.1, -0.05) is 38.8 Å². The maximum absolute atomic E-state index is 5.21. The number of benzene rings is 1. The van der Waals surface area contributed by atoms with Gasteiger partial charge in [-0.15, -0.1) is 34.2 Å². The van der Waals surface area contributed by atoms with Crippen molar-refractivity contribution in [1.29, 1.82) is 0 Å². The highest BCUT2D eigenvalue weighted by atomic mass is 127. The summed E-state index contributed by atoms with van der Waals surface area (Å²) in [5, 5.41) is 14.9. The Morgan fingerprint density at radius 3 is 2.54 bits per heavy atom. The van der Waals surface area contributed by atoms with E-state index in [2.05, 4.69) is 39.2 Å². The molecule has 7 nitrogen and oxygen atoms in total. The summed E-state index contributed by atoms with van der Waals surface area (Å²) in [5.41, 5.74) is 1.15. The lowest BCUT2D eigenvalue weighted by molar-refractivity contribution is 0.414. The predicted molar refractivity (Wildman–Crippen MR) is 124 cm³/mol. The largest absolute Gasteiger partial charge is 0.497 e. The van der Waals surface area contributed by atoms with E-state index in [0.29, 0.717) is 6.54 Å². The van der Waals surface area contributed by atoms with Crippen molar-refractivity contribution in [3.63, 3.8) is 0 Å². The lowest BCUT2D eigenvalue weighted by atomic mass is 10.2. The van der Waals surface area contributed by atoms with Crippen molar-refractivity contribution in [2.24, 2.45) is 4.99 Å². The van der Waals surface area contributed by atoms with E-state index in [0.717, 1.165) is 55.6 Å². The lowest BCUT2D eigenvalue weighted by Crippen LogP contribution is -2.39. The first-order chi connectivity index (χ1) is 13.3. The molecule has 0 saturated carbocycles. The number of aliphatic imine (C=N–C) groups is 1. The number of aromatic nitrogens is 3. The molecule has 0 saturated heterocycles. The second kappa shape index (κ2) is 14.2. The second-order valence-corrected chi connectivity index (χ2v) is 6.37. The Hall–Kier alpha value is -1.84. The van der Waals surface area contributed by atoms with Crippen molar-refractivity contribution in [3.8, 4) is 5.75 Å². The van der Waals surface area contributed by atoms with E-state index in [1.807, 2.05) is 24.3 Å². The van der Waals surface area contributed by atoms with Crippen LogP contribution in [0.5, 0.6) is 5.75 Å². The molecule has 0 unspecified atom stereocenters. The minimum Gasteiger partial charge on any atom is -0.497 e. The summed E-state index contributed by atoms with van der Waals surface area (Å²) in [7, 11) is 1.68. The molecule has 1 aromatic carbocycles. The molecule has 2 N–H and O–H groups in total. The molecule has 0 atom stereocenters. The van der Waals surface area contributed by atoms with Gasteiger partial charge >= 0.3 is 0 Å². The second-order valence-electron chi connectivity index (χ2n) is 6.37. The monoisotopic (exact) mass is 500 g/mol. The summed E-state index contributed by atoms with van der Waals surface area (Å²) < 4.78 is 7.28. The molecule has 0 amide bonds. The van der Waals surface area contributed by atoms with Gasteiger partial charge in [0.15, 0.2) is 5.96 Å². The molecule has 0 aliphatic rings. The van der Waals surface area contributed by atoms with Gasteiger partial charge in [-0.05, 0) is 24.1 Å². The molecular weight excluding hydrogens is 467 g/mol. The molecule has 2 rings (SSSR count). The standard InChI is InChI=1S/C20H32N6O.HI/c1-4-6-7-12-21-20(22-13-14-26-16-24-25-19(26)5-2)23-15-17-8-10-18(27-3)11-9-17;/h8-11,16H,4-7,12-15H2,1-3H3,(H2,21,22,23);1H. The van der Waals surface area contributed by atoms with Gasteiger partial charge in [0.1, 0.15) is 17.9 Å². The summed E-state index contributed by atoms with van der Waals surface area (Å²) >= 11 is 0. The van der Waals surface area contributed by atoms with Gasteiger partial charge in [0.2, 0.25) is 0 Å². The number of hydrogen-bond donors (Lipinski definition) is 2. The molecule has 156 valence electrons. The Labute approximate surface area is 185 Å². The van der Waals surface area contributed by atoms with Crippen LogP contribution in [0.4, 0.5) is 0 Å². The Morgan fingerprint density at radius 1 is 1.11 bits per heavy atom. The number of aryl methyl sites for hydroxylation is 1. The quantitative estimate of drug-likeness (QED) is 0.214. The van der Waals surface area contributed by atoms with Crippen LogP contribution in [0.1, 0.15) is 44.5 Å². The zero-order chi connectivity index (χ0) is 19.3. The van der Waals surface area contributed by atoms with Gasteiger partial charge in [0.05, 0.1) is 13.7 Å². The van der Waals surface area contributed by atoms with Gasteiger partial charge < -0.3 is 19.9 Å². The van der Waals surface area contributed by atoms with Gasteiger partial charge in [0.25, 0.3) is 0 Å². The molecule has 2 aromatic rings. The first-order valence-corrected chi connectivity index (χ1v) is 9.78. The van der Waals surface area contributed by atoms with E-state index in [-0.39, 0.29) is 24.0 Å². The van der Waals surface area contributed by atoms with E-state index < -0.39 is 0 Å². The molecule has 0 aliphatic heterocycles. The highest BCUT2D eigenvalue weighted by Gasteiger charge is 2.03. The van der Waals surface area contributed by atoms with Crippen LogP contribution in [0, 0.1) is 0 Å². The average molecular weight is 500 g/mol. The Kier molecular flexibility index (Phi) is 12.3. The highest BCUT2D eigenvalue weighted by Crippen LogP contribution is 2.11. The highest BCUT2D eigenvalue weighted by molar-refractivity contribution is 14.0. The predicted octanol–water partition coefficient (Wildman–Crippen LogP) is 3.39. The van der Waals surface area contributed by atoms with Crippen molar-refractivity contribution >= 4 is 29.9 Å². The fourth-order valence-corrected chi connectivity index (χ4v) is 2.69. The Bertz CT molecular complexity index is 686. The number of hydrogen-bond acceptors (Lipinski definition) is 4. The number of rotatable bonds is 11. The number of halogens is 1. The van der Waals surface area contributed by atoms with Crippen LogP contribution >= 0.6 is 24.0 Å². The smallest absolute Gasteiger partial charge is 0.191 e. The Balaban J connectivity index is 0.00000392. The van der Waals surface area contributed by atoms with Gasteiger partial charge in [-0.25, -0.2) is 4.99 Å². The van der Waals surface area contributed by atoms with Crippen molar-refractivity contribution in [2.45, 2.75) is 52.6 Å². The molecule has 0 radical (unpaired) electrons. The fraction of sp³-hybridized carbons (Fsp3) is 0.550. The normalized spacial score (nSPS) is 11.0. The van der Waals surface area contributed by atoms with Crippen LogP contribution in [-0.2, 0) is 19.5 Å². The van der Waals surface area contributed by atoms with Crippen LogP contribution in [-0.4, -0.2) is 40.9 Å². The zero-order valence-corrected chi connectivity index (χ0v) is 19.5. The van der Waals surface area contributed by atoms with Gasteiger partial charge in [-0.2, -0.15) is 0 Å². The van der Waals surface area contributed by atoms with Crippen molar-refractivity contribution in [2.75, 3.05) is 20.2 Å². The molecule has 8 heteroatoms. The molecule has 0 fully saturated rings. The average Bonchev–Trinajstić information content (AvgIpc) is 3.16. The van der Waals surface area contributed by atoms with Crippen molar-refractivity contribution < 1.29 is 4.74 Å². The third-order valence-electron chi connectivity index (χ3n) is 4.31. The number of ether oxygens (including phenoxy) is 1. The first-order valence-electron chi connectivity index (χ1n) is 9.78. The van der Waals surface area contributed by atoms with E-state index in [9.17, 15) is 0 Å².